The summed E-state index contributed by atoms with van der Waals surface area (Å²) in [5.74, 6) is -0.451. The van der Waals surface area contributed by atoms with Crippen LogP contribution in [0.25, 0.3) is 5.76 Å². The molecule has 186 valence electrons. The summed E-state index contributed by atoms with van der Waals surface area (Å²) < 4.78 is 11.3. The van der Waals surface area contributed by atoms with E-state index in [1.807, 2.05) is 56.3 Å². The van der Waals surface area contributed by atoms with Gasteiger partial charge in [0.15, 0.2) is 0 Å². The minimum atomic E-state index is -0.747. The van der Waals surface area contributed by atoms with Crippen molar-refractivity contribution in [3.63, 3.8) is 0 Å². The number of ether oxygens (including phenoxy) is 1. The minimum Gasteiger partial charge on any atom is -0.507 e. The summed E-state index contributed by atoms with van der Waals surface area (Å²) in [4.78, 5) is 27.7. The van der Waals surface area contributed by atoms with E-state index >= 15 is 0 Å². The molecule has 37 heavy (non-hydrogen) atoms. The number of aryl methyl sites for hydroxylation is 2. The lowest BCUT2D eigenvalue weighted by Gasteiger charge is -2.24. The number of amides is 1. The van der Waals surface area contributed by atoms with Gasteiger partial charge in [0.25, 0.3) is 11.7 Å². The van der Waals surface area contributed by atoms with Crippen LogP contribution < -0.4 is 4.74 Å². The molecule has 1 aliphatic rings. The number of hydrogen-bond donors (Lipinski definition) is 1. The van der Waals surface area contributed by atoms with E-state index in [-0.39, 0.29) is 17.9 Å². The van der Waals surface area contributed by atoms with E-state index in [2.05, 4.69) is 6.07 Å². The topological polar surface area (TPSA) is 80.0 Å². The zero-order valence-electron chi connectivity index (χ0n) is 20.7. The fourth-order valence-corrected chi connectivity index (χ4v) is 4.54. The highest BCUT2D eigenvalue weighted by Gasteiger charge is 2.46. The zero-order chi connectivity index (χ0) is 25.9. The van der Waals surface area contributed by atoms with Crippen LogP contribution in [0.3, 0.4) is 0 Å². The highest BCUT2D eigenvalue weighted by Crippen LogP contribution is 2.40. The van der Waals surface area contributed by atoms with Crippen molar-refractivity contribution >= 4 is 17.4 Å². The van der Waals surface area contributed by atoms with Gasteiger partial charge in [-0.15, -0.1) is 0 Å². The van der Waals surface area contributed by atoms with Crippen molar-refractivity contribution in [2.45, 2.75) is 33.0 Å². The molecule has 6 heteroatoms. The van der Waals surface area contributed by atoms with Crippen LogP contribution in [0.4, 0.5) is 0 Å². The van der Waals surface area contributed by atoms with Crippen molar-refractivity contribution in [1.29, 1.82) is 0 Å². The lowest BCUT2D eigenvalue weighted by molar-refractivity contribution is -0.140. The van der Waals surface area contributed by atoms with Gasteiger partial charge in [-0.3, -0.25) is 9.59 Å². The molecule has 0 saturated carbocycles. The third-order valence-electron chi connectivity index (χ3n) is 6.46. The highest BCUT2D eigenvalue weighted by molar-refractivity contribution is 6.46. The van der Waals surface area contributed by atoms with Crippen molar-refractivity contribution in [2.75, 3.05) is 0 Å². The van der Waals surface area contributed by atoms with Gasteiger partial charge in [0.1, 0.15) is 23.9 Å². The maximum absolute atomic E-state index is 13.2. The second-order valence-electron chi connectivity index (χ2n) is 9.22. The molecule has 0 radical (unpaired) electrons. The molecular weight excluding hydrogens is 466 g/mol. The largest absolute Gasteiger partial charge is 0.507 e. The van der Waals surface area contributed by atoms with Gasteiger partial charge in [-0.1, -0.05) is 59.7 Å². The molecule has 1 aromatic heterocycles. The third kappa shape index (κ3) is 5.05. The van der Waals surface area contributed by atoms with E-state index in [1.165, 1.54) is 11.2 Å². The molecule has 1 saturated heterocycles. The van der Waals surface area contributed by atoms with Gasteiger partial charge in [-0.2, -0.15) is 0 Å². The second kappa shape index (κ2) is 10.2. The molecule has 2 heterocycles. The number of benzene rings is 3. The molecule has 1 amide bonds. The van der Waals surface area contributed by atoms with Crippen molar-refractivity contribution in [3.05, 3.63) is 130 Å². The molecule has 0 spiro atoms. The Balaban J connectivity index is 1.46. The molecular formula is C31H27NO5. The summed E-state index contributed by atoms with van der Waals surface area (Å²) in [5, 5.41) is 11.3. The molecule has 1 aliphatic heterocycles. The predicted molar refractivity (Wildman–Crippen MR) is 140 cm³/mol. The summed E-state index contributed by atoms with van der Waals surface area (Å²) >= 11 is 0. The predicted octanol–water partition coefficient (Wildman–Crippen LogP) is 6.10. The van der Waals surface area contributed by atoms with Crippen molar-refractivity contribution in [3.8, 4) is 5.75 Å². The number of rotatable bonds is 7. The first-order valence-corrected chi connectivity index (χ1v) is 12.1. The van der Waals surface area contributed by atoms with E-state index in [9.17, 15) is 14.7 Å². The SMILES string of the molecule is Cc1ccc(C2/C(=C(/O)c3ccc(OCc4cccc(C)c4)cc3)C(=O)C(=O)N2Cc2ccco2)cc1. The number of Topliss-reactive ketones (excluding diaryl/α,β-unsaturated/α-hetero) is 1. The van der Waals surface area contributed by atoms with Crippen LogP contribution in [0.15, 0.2) is 101 Å². The first-order chi connectivity index (χ1) is 17.9. The van der Waals surface area contributed by atoms with Crippen molar-refractivity contribution in [2.24, 2.45) is 0 Å². The Kier molecular flexibility index (Phi) is 6.64. The number of carbonyl (C=O) groups excluding carboxylic acids is 2. The van der Waals surface area contributed by atoms with Gasteiger partial charge in [0.2, 0.25) is 0 Å². The first-order valence-electron chi connectivity index (χ1n) is 12.1. The van der Waals surface area contributed by atoms with E-state index in [4.69, 9.17) is 9.15 Å². The Morgan fingerprint density at radius 2 is 1.68 bits per heavy atom. The van der Waals surface area contributed by atoms with Gasteiger partial charge in [0, 0.05) is 5.56 Å². The summed E-state index contributed by atoms with van der Waals surface area (Å²) in [6, 6.07) is 25.3. The van der Waals surface area contributed by atoms with Crippen LogP contribution in [0, 0.1) is 13.8 Å². The van der Waals surface area contributed by atoms with Crippen LogP contribution in [-0.2, 0) is 22.7 Å². The number of aliphatic hydroxyl groups excluding tert-OH is 1. The summed E-state index contributed by atoms with van der Waals surface area (Å²) in [6.07, 6.45) is 1.52. The Morgan fingerprint density at radius 3 is 2.35 bits per heavy atom. The quantitative estimate of drug-likeness (QED) is 0.191. The average Bonchev–Trinajstić information content (AvgIpc) is 3.50. The van der Waals surface area contributed by atoms with Gasteiger partial charge in [-0.05, 0) is 61.4 Å². The Hall–Kier alpha value is -4.58. The number of nitrogens with zero attached hydrogens (tertiary/aromatic N) is 1. The molecule has 3 aromatic carbocycles. The Morgan fingerprint density at radius 1 is 0.919 bits per heavy atom. The molecule has 1 unspecified atom stereocenters. The van der Waals surface area contributed by atoms with Crippen LogP contribution >= 0.6 is 0 Å². The Bertz CT molecular complexity index is 1450. The van der Waals surface area contributed by atoms with Crippen molar-refractivity contribution < 1.29 is 23.8 Å². The monoisotopic (exact) mass is 493 g/mol. The third-order valence-corrected chi connectivity index (χ3v) is 6.46. The fourth-order valence-electron chi connectivity index (χ4n) is 4.54. The normalized spacial score (nSPS) is 16.8. The van der Waals surface area contributed by atoms with Gasteiger partial charge in [0.05, 0.1) is 24.4 Å². The summed E-state index contributed by atoms with van der Waals surface area (Å²) in [7, 11) is 0. The maximum Gasteiger partial charge on any atom is 0.296 e. The van der Waals surface area contributed by atoms with Crippen LogP contribution in [0.2, 0.25) is 0 Å². The first kappa shape index (κ1) is 24.1. The average molecular weight is 494 g/mol. The van der Waals surface area contributed by atoms with Gasteiger partial charge < -0.3 is 19.2 Å². The number of furan rings is 1. The lowest BCUT2D eigenvalue weighted by Crippen LogP contribution is -2.29. The minimum absolute atomic E-state index is 0.0499. The number of ketones is 1. The number of aliphatic hydroxyl groups is 1. The van der Waals surface area contributed by atoms with Crippen molar-refractivity contribution in [1.82, 2.24) is 4.90 Å². The van der Waals surface area contributed by atoms with Crippen LogP contribution in [0.5, 0.6) is 5.75 Å². The molecule has 4 aromatic rings. The highest BCUT2D eigenvalue weighted by atomic mass is 16.5. The Labute approximate surface area is 215 Å². The molecule has 1 N–H and O–H groups in total. The number of hydrogen-bond acceptors (Lipinski definition) is 5. The van der Waals surface area contributed by atoms with Crippen LogP contribution in [0.1, 0.15) is 39.6 Å². The molecule has 0 bridgehead atoms. The van der Waals surface area contributed by atoms with E-state index in [0.717, 1.165) is 22.3 Å². The second-order valence-corrected chi connectivity index (χ2v) is 9.22. The maximum atomic E-state index is 13.2. The standard InChI is InChI=1S/C31H27NO5/c1-20-8-10-23(11-9-20)28-27(30(34)31(35)32(28)18-26-7-4-16-36-26)29(33)24-12-14-25(15-13-24)37-19-22-6-3-5-21(2)17-22/h3-17,28,33H,18-19H2,1-2H3/b29-27-. The van der Waals surface area contributed by atoms with Crippen LogP contribution in [-0.4, -0.2) is 21.7 Å². The van der Waals surface area contributed by atoms with E-state index in [1.54, 1.807) is 36.4 Å². The number of likely N-dealkylation sites (tertiary alicyclic amines) is 1. The van der Waals surface area contributed by atoms with Gasteiger partial charge >= 0.3 is 0 Å². The molecule has 6 nitrogen and oxygen atoms in total. The number of carbonyl (C=O) groups is 2. The summed E-state index contributed by atoms with van der Waals surface area (Å²) in [6.45, 7) is 4.52. The zero-order valence-corrected chi connectivity index (χ0v) is 20.7. The lowest BCUT2D eigenvalue weighted by atomic mass is 9.94. The van der Waals surface area contributed by atoms with E-state index in [0.29, 0.717) is 23.7 Å². The van der Waals surface area contributed by atoms with E-state index < -0.39 is 17.7 Å². The smallest absolute Gasteiger partial charge is 0.296 e. The molecule has 1 atom stereocenters. The summed E-state index contributed by atoms with van der Waals surface area (Å²) in [5.41, 5.74) is 4.48. The van der Waals surface area contributed by atoms with Gasteiger partial charge in [-0.25, -0.2) is 0 Å². The molecule has 0 aliphatic carbocycles. The molecule has 1 fully saturated rings. The molecule has 5 rings (SSSR count). The fraction of sp³-hybridized carbons (Fsp3) is 0.161.